The summed E-state index contributed by atoms with van der Waals surface area (Å²) in [5.74, 6) is 0.309. The summed E-state index contributed by atoms with van der Waals surface area (Å²) in [4.78, 5) is 44.2. The average Bonchev–Trinajstić information content (AvgIpc) is 3.00. The van der Waals surface area contributed by atoms with E-state index in [1.165, 1.54) is 17.0 Å². The topological polar surface area (TPSA) is 138 Å². The Kier molecular flexibility index (Phi) is 9.48. The lowest BCUT2D eigenvalue weighted by Crippen LogP contribution is -2.43. The molecule has 1 aromatic heterocycles. The highest BCUT2D eigenvalue weighted by Crippen LogP contribution is 2.38. The van der Waals surface area contributed by atoms with Crippen LogP contribution in [0.5, 0.6) is 11.5 Å². The third-order valence-corrected chi connectivity index (χ3v) is 7.88. The van der Waals surface area contributed by atoms with Gasteiger partial charge in [0, 0.05) is 35.1 Å². The summed E-state index contributed by atoms with van der Waals surface area (Å²) in [5, 5.41) is 17.0. The summed E-state index contributed by atoms with van der Waals surface area (Å²) >= 11 is 3.42. The van der Waals surface area contributed by atoms with Gasteiger partial charge in [-0.3, -0.25) is 19.7 Å². The molecule has 1 aliphatic carbocycles. The Morgan fingerprint density at radius 1 is 1.19 bits per heavy atom. The van der Waals surface area contributed by atoms with Gasteiger partial charge in [-0.1, -0.05) is 35.2 Å². The third kappa shape index (κ3) is 6.62. The smallest absolute Gasteiger partial charge is 0.315 e. The van der Waals surface area contributed by atoms with Crippen LogP contribution >= 0.6 is 15.9 Å². The molecule has 13 heteroatoms. The first-order valence-corrected chi connectivity index (χ1v) is 14.8. The van der Waals surface area contributed by atoms with Gasteiger partial charge < -0.3 is 19.1 Å². The Labute approximate surface area is 250 Å². The number of amides is 1. The fourth-order valence-electron chi connectivity index (χ4n) is 5.29. The highest BCUT2D eigenvalue weighted by Gasteiger charge is 2.26. The van der Waals surface area contributed by atoms with E-state index < -0.39 is 4.92 Å². The van der Waals surface area contributed by atoms with Crippen LogP contribution in [0.15, 0.2) is 44.7 Å². The van der Waals surface area contributed by atoms with E-state index in [0.717, 1.165) is 36.6 Å². The number of ether oxygens (including phenoxy) is 3. The molecule has 1 saturated carbocycles. The maximum atomic E-state index is 13.6. The zero-order chi connectivity index (χ0) is 29.6. The van der Waals surface area contributed by atoms with Gasteiger partial charge in [0.1, 0.15) is 5.82 Å². The van der Waals surface area contributed by atoms with Crippen molar-refractivity contribution in [2.75, 3.05) is 39.5 Å². The number of nitrogens with zero attached hydrogens (tertiary/aromatic N) is 5. The summed E-state index contributed by atoms with van der Waals surface area (Å²) in [5.41, 5.74) is 0.224. The minimum absolute atomic E-state index is 0.0738. The number of hydrogen-bond acceptors (Lipinski definition) is 9. The Morgan fingerprint density at radius 3 is 2.67 bits per heavy atom. The fraction of sp³-hybridized carbons (Fsp3) is 0.448. The Morgan fingerprint density at radius 2 is 1.95 bits per heavy atom. The molecule has 5 rings (SSSR count). The van der Waals surface area contributed by atoms with Crippen LogP contribution in [-0.4, -0.2) is 71.1 Å². The van der Waals surface area contributed by atoms with Crippen molar-refractivity contribution in [3.8, 4) is 11.5 Å². The molecule has 42 heavy (non-hydrogen) atoms. The lowest BCUT2D eigenvalue weighted by Gasteiger charge is -2.26. The first kappa shape index (κ1) is 29.6. The molecule has 0 unspecified atom stereocenters. The first-order valence-electron chi connectivity index (χ1n) is 14.1. The minimum atomic E-state index is -0.594. The summed E-state index contributed by atoms with van der Waals surface area (Å²) in [6, 6.07) is 8.20. The van der Waals surface area contributed by atoms with Crippen LogP contribution in [0.3, 0.4) is 0 Å². The number of benzene rings is 2. The van der Waals surface area contributed by atoms with Crippen molar-refractivity contribution >= 4 is 44.6 Å². The molecule has 0 radical (unpaired) electrons. The molecule has 1 amide bonds. The molecule has 2 heterocycles. The van der Waals surface area contributed by atoms with Crippen molar-refractivity contribution in [1.82, 2.24) is 14.6 Å². The van der Waals surface area contributed by atoms with Gasteiger partial charge in [-0.05, 0) is 44.0 Å². The molecule has 3 aromatic rings. The van der Waals surface area contributed by atoms with E-state index in [1.54, 1.807) is 30.0 Å². The number of carbonyl (C=O) groups excluding carboxylic acids is 1. The first-order chi connectivity index (χ1) is 20.4. The van der Waals surface area contributed by atoms with Crippen molar-refractivity contribution < 1.29 is 23.9 Å². The molecular weight excluding hydrogens is 610 g/mol. The molecule has 2 aromatic carbocycles. The molecular formula is C29H32BrN5O7. The van der Waals surface area contributed by atoms with Crippen LogP contribution in [0.2, 0.25) is 0 Å². The predicted molar refractivity (Wildman–Crippen MR) is 160 cm³/mol. The molecule has 0 spiro atoms. The maximum absolute atomic E-state index is 13.6. The molecule has 12 nitrogen and oxygen atoms in total. The van der Waals surface area contributed by atoms with Gasteiger partial charge in [0.2, 0.25) is 5.75 Å². The second kappa shape index (κ2) is 13.4. The van der Waals surface area contributed by atoms with Gasteiger partial charge in [0.25, 0.3) is 11.5 Å². The van der Waals surface area contributed by atoms with Crippen molar-refractivity contribution in [1.29, 1.82) is 0 Å². The highest BCUT2D eigenvalue weighted by molar-refractivity contribution is 9.10. The van der Waals surface area contributed by atoms with E-state index in [4.69, 9.17) is 19.2 Å². The van der Waals surface area contributed by atoms with Crippen LogP contribution in [-0.2, 0) is 9.53 Å². The van der Waals surface area contributed by atoms with E-state index in [0.29, 0.717) is 48.6 Å². The number of fused-ring (bicyclic) bond motifs is 1. The number of morpholine rings is 1. The maximum Gasteiger partial charge on any atom is 0.315 e. The van der Waals surface area contributed by atoms with E-state index in [1.807, 2.05) is 6.07 Å². The zero-order valence-corrected chi connectivity index (χ0v) is 24.9. The molecule has 1 aliphatic heterocycles. The fourth-order valence-corrected chi connectivity index (χ4v) is 5.65. The number of halogens is 1. The van der Waals surface area contributed by atoms with Crippen LogP contribution in [0.25, 0.3) is 10.9 Å². The average molecular weight is 643 g/mol. The number of rotatable bonds is 9. The van der Waals surface area contributed by atoms with Crippen LogP contribution < -0.4 is 15.0 Å². The minimum Gasteiger partial charge on any atom is -0.490 e. The van der Waals surface area contributed by atoms with Crippen molar-refractivity contribution in [3.05, 3.63) is 66.7 Å². The predicted octanol–water partition coefficient (Wildman–Crippen LogP) is 4.63. The Hall–Kier alpha value is -3.84. The second-order valence-electron chi connectivity index (χ2n) is 10.2. The van der Waals surface area contributed by atoms with Crippen molar-refractivity contribution in [3.63, 3.8) is 0 Å². The number of hydrogen-bond donors (Lipinski definition) is 0. The Bertz CT molecular complexity index is 1560. The molecule has 0 N–H and O–H groups in total. The van der Waals surface area contributed by atoms with E-state index in [2.05, 4.69) is 21.0 Å². The normalized spacial score (nSPS) is 16.2. The van der Waals surface area contributed by atoms with E-state index in [9.17, 15) is 19.7 Å². The van der Waals surface area contributed by atoms with Crippen LogP contribution in [0.1, 0.15) is 56.3 Å². The molecule has 1 saturated heterocycles. The molecule has 0 atom stereocenters. The monoisotopic (exact) mass is 641 g/mol. The molecule has 2 fully saturated rings. The quantitative estimate of drug-likeness (QED) is 0.187. The molecule has 0 bridgehead atoms. The van der Waals surface area contributed by atoms with Crippen molar-refractivity contribution in [2.24, 2.45) is 5.10 Å². The summed E-state index contributed by atoms with van der Waals surface area (Å²) in [6.07, 6.45) is 6.42. The van der Waals surface area contributed by atoms with E-state index >= 15 is 0 Å². The van der Waals surface area contributed by atoms with E-state index in [-0.39, 0.29) is 47.8 Å². The number of nitro groups is 1. The summed E-state index contributed by atoms with van der Waals surface area (Å²) in [7, 11) is 0. The third-order valence-electron chi connectivity index (χ3n) is 7.38. The van der Waals surface area contributed by atoms with Crippen molar-refractivity contribution in [2.45, 2.75) is 44.9 Å². The summed E-state index contributed by atoms with van der Waals surface area (Å²) < 4.78 is 18.7. The van der Waals surface area contributed by atoms with Gasteiger partial charge in [-0.15, -0.1) is 0 Å². The standard InChI is InChI=1S/C29H32BrN5O7/c1-2-41-25-15-19(14-24(35(38)39)27(25)42-18-26(36)33-10-12-40-13-11-33)17-31-34-28(20-6-4-3-5-7-20)32-23-9-8-21(30)16-22(23)29(34)37/h8-9,14-17,20H,2-7,10-13,18H2,1H3. The Balaban J connectivity index is 1.51. The number of carbonyl (C=O) groups is 1. The number of aromatic nitrogens is 2. The lowest BCUT2D eigenvalue weighted by atomic mass is 9.88. The molecule has 2 aliphatic rings. The van der Waals surface area contributed by atoms with Gasteiger partial charge in [0.15, 0.2) is 12.4 Å². The van der Waals surface area contributed by atoms with Gasteiger partial charge in [-0.2, -0.15) is 9.78 Å². The van der Waals surface area contributed by atoms with Gasteiger partial charge in [-0.25, -0.2) is 4.98 Å². The van der Waals surface area contributed by atoms with Gasteiger partial charge >= 0.3 is 5.69 Å². The molecule has 222 valence electrons. The largest absolute Gasteiger partial charge is 0.490 e. The van der Waals surface area contributed by atoms with Gasteiger partial charge in [0.05, 0.1) is 41.9 Å². The van der Waals surface area contributed by atoms with Crippen LogP contribution in [0, 0.1) is 10.1 Å². The SMILES string of the molecule is CCOc1cc(C=Nn2c(C3CCCCC3)nc3ccc(Br)cc3c2=O)cc([N+](=O)[O-])c1OCC(=O)N1CCOCC1. The zero-order valence-electron chi connectivity index (χ0n) is 23.3. The summed E-state index contributed by atoms with van der Waals surface area (Å²) in [6.45, 7) is 3.29. The number of nitro benzene ring substituents is 1. The highest BCUT2D eigenvalue weighted by atomic mass is 79.9. The lowest BCUT2D eigenvalue weighted by molar-refractivity contribution is -0.385. The van der Waals surface area contributed by atoms with Crippen LogP contribution in [0.4, 0.5) is 5.69 Å². The second-order valence-corrected chi connectivity index (χ2v) is 11.1.